The van der Waals surface area contributed by atoms with E-state index >= 15 is 0 Å². The molecule has 2 aromatic rings. The fraction of sp³-hybridized carbons (Fsp3) is 0.100. The van der Waals surface area contributed by atoms with Gasteiger partial charge >= 0.3 is 0 Å². The van der Waals surface area contributed by atoms with E-state index in [1.54, 1.807) is 11.3 Å². The van der Waals surface area contributed by atoms with Gasteiger partial charge in [-0.05, 0) is 31.2 Å². The summed E-state index contributed by atoms with van der Waals surface area (Å²) in [6.07, 6.45) is 1.89. The number of rotatable bonds is 1. The number of thiazole rings is 1. The highest BCUT2D eigenvalue weighted by molar-refractivity contribution is 7.14. The Morgan fingerprint density at radius 2 is 1.92 bits per heavy atom. The second kappa shape index (κ2) is 3.18. The van der Waals surface area contributed by atoms with Gasteiger partial charge in [0, 0.05) is 22.3 Å². The molecule has 66 valence electrons. The summed E-state index contributed by atoms with van der Waals surface area (Å²) in [4.78, 5) is 5.52. The monoisotopic (exact) mass is 190 g/mol. The molecular formula is C10H10N2S. The molecule has 0 saturated heterocycles. The van der Waals surface area contributed by atoms with Gasteiger partial charge in [0.2, 0.25) is 0 Å². The molecule has 0 spiro atoms. The predicted octanol–water partition coefficient (Wildman–Crippen LogP) is 2.70. The maximum Gasteiger partial charge on any atom is 0.123 e. The molecule has 0 fully saturated rings. The molecule has 2 nitrogen and oxygen atoms in total. The van der Waals surface area contributed by atoms with E-state index < -0.39 is 0 Å². The first-order valence-electron chi connectivity index (χ1n) is 4.04. The molecule has 0 amide bonds. The first-order valence-corrected chi connectivity index (χ1v) is 4.86. The van der Waals surface area contributed by atoms with E-state index in [0.29, 0.717) is 0 Å². The number of benzene rings is 1. The number of hydrogen-bond acceptors (Lipinski definition) is 3. The van der Waals surface area contributed by atoms with Crippen molar-refractivity contribution in [2.45, 2.75) is 6.92 Å². The lowest BCUT2D eigenvalue weighted by Gasteiger charge is -1.95. The number of aromatic nitrogens is 1. The molecule has 0 aliphatic heterocycles. The summed E-state index contributed by atoms with van der Waals surface area (Å²) in [5.41, 5.74) is 7.51. The average Bonchev–Trinajstić information content (AvgIpc) is 2.53. The van der Waals surface area contributed by atoms with Gasteiger partial charge in [0.15, 0.2) is 0 Å². The Morgan fingerprint density at radius 1 is 1.23 bits per heavy atom. The van der Waals surface area contributed by atoms with Crippen LogP contribution in [0.15, 0.2) is 30.5 Å². The quantitative estimate of drug-likeness (QED) is 0.702. The van der Waals surface area contributed by atoms with E-state index in [0.717, 1.165) is 16.3 Å². The molecule has 2 N–H and O–H groups in total. The number of hydrogen-bond donors (Lipinski definition) is 1. The van der Waals surface area contributed by atoms with Crippen molar-refractivity contribution in [3.63, 3.8) is 0 Å². The molecule has 1 heterocycles. The third kappa shape index (κ3) is 1.70. The van der Waals surface area contributed by atoms with Crippen molar-refractivity contribution in [1.82, 2.24) is 4.98 Å². The topological polar surface area (TPSA) is 38.9 Å². The van der Waals surface area contributed by atoms with Gasteiger partial charge in [-0.25, -0.2) is 4.98 Å². The Hall–Kier alpha value is -1.35. The maximum atomic E-state index is 5.59. The van der Waals surface area contributed by atoms with Crippen LogP contribution in [0.25, 0.3) is 10.6 Å². The van der Waals surface area contributed by atoms with Gasteiger partial charge in [0.25, 0.3) is 0 Å². The number of anilines is 1. The molecule has 1 aromatic heterocycles. The number of nitrogens with two attached hydrogens (primary N) is 1. The van der Waals surface area contributed by atoms with E-state index in [9.17, 15) is 0 Å². The highest BCUT2D eigenvalue weighted by Gasteiger charge is 2.00. The van der Waals surface area contributed by atoms with Crippen LogP contribution in [0.1, 0.15) is 4.88 Å². The van der Waals surface area contributed by atoms with Gasteiger partial charge in [-0.3, -0.25) is 0 Å². The molecular weight excluding hydrogens is 180 g/mol. The molecule has 0 radical (unpaired) electrons. The summed E-state index contributed by atoms with van der Waals surface area (Å²) in [6.45, 7) is 2.05. The van der Waals surface area contributed by atoms with Crippen LogP contribution < -0.4 is 5.73 Å². The minimum Gasteiger partial charge on any atom is -0.399 e. The molecule has 2 rings (SSSR count). The lowest BCUT2D eigenvalue weighted by atomic mass is 10.2. The first kappa shape index (κ1) is 8.26. The van der Waals surface area contributed by atoms with Crippen LogP contribution in [0.3, 0.4) is 0 Å². The van der Waals surface area contributed by atoms with Gasteiger partial charge in [0.1, 0.15) is 5.01 Å². The third-order valence-corrected chi connectivity index (χ3v) is 2.74. The Morgan fingerprint density at radius 3 is 2.46 bits per heavy atom. The van der Waals surface area contributed by atoms with E-state index in [-0.39, 0.29) is 0 Å². The summed E-state index contributed by atoms with van der Waals surface area (Å²) in [5.74, 6) is 0. The van der Waals surface area contributed by atoms with Crippen LogP contribution >= 0.6 is 11.3 Å². The van der Waals surface area contributed by atoms with Crippen molar-refractivity contribution < 1.29 is 0 Å². The molecule has 0 saturated carbocycles. The molecule has 1 aromatic carbocycles. The van der Waals surface area contributed by atoms with Crippen molar-refractivity contribution in [2.75, 3.05) is 5.73 Å². The minimum absolute atomic E-state index is 0.789. The smallest absolute Gasteiger partial charge is 0.123 e. The Kier molecular flexibility index (Phi) is 2.02. The van der Waals surface area contributed by atoms with E-state index in [1.807, 2.05) is 30.5 Å². The van der Waals surface area contributed by atoms with Crippen molar-refractivity contribution in [3.05, 3.63) is 35.3 Å². The first-order chi connectivity index (χ1) is 6.25. The van der Waals surface area contributed by atoms with Crippen LogP contribution in [0, 0.1) is 6.92 Å². The maximum absolute atomic E-state index is 5.59. The molecule has 0 bridgehead atoms. The zero-order valence-corrected chi connectivity index (χ0v) is 8.14. The molecule has 0 unspecified atom stereocenters. The second-order valence-electron chi connectivity index (χ2n) is 2.90. The van der Waals surface area contributed by atoms with E-state index in [1.165, 1.54) is 4.88 Å². The van der Waals surface area contributed by atoms with Crippen LogP contribution in [0.5, 0.6) is 0 Å². The fourth-order valence-electron chi connectivity index (χ4n) is 1.11. The van der Waals surface area contributed by atoms with Gasteiger partial charge in [-0.1, -0.05) is 0 Å². The fourth-order valence-corrected chi connectivity index (χ4v) is 1.88. The van der Waals surface area contributed by atoms with Gasteiger partial charge < -0.3 is 5.73 Å². The zero-order valence-electron chi connectivity index (χ0n) is 7.32. The summed E-state index contributed by atoms with van der Waals surface area (Å²) < 4.78 is 0. The average molecular weight is 190 g/mol. The van der Waals surface area contributed by atoms with Crippen molar-refractivity contribution in [2.24, 2.45) is 0 Å². The molecule has 13 heavy (non-hydrogen) atoms. The molecule has 0 aliphatic carbocycles. The second-order valence-corrected chi connectivity index (χ2v) is 4.13. The number of nitrogen functional groups attached to an aromatic ring is 1. The SMILES string of the molecule is Cc1cnc(-c2ccc(N)cc2)s1. The largest absolute Gasteiger partial charge is 0.399 e. The number of aryl methyl sites for hydroxylation is 1. The summed E-state index contributed by atoms with van der Waals surface area (Å²) in [5, 5.41) is 1.05. The van der Waals surface area contributed by atoms with Crippen LogP contribution in [0.4, 0.5) is 5.69 Å². The minimum atomic E-state index is 0.789. The zero-order chi connectivity index (χ0) is 9.26. The third-order valence-electron chi connectivity index (χ3n) is 1.78. The van der Waals surface area contributed by atoms with Crippen LogP contribution in [0.2, 0.25) is 0 Å². The van der Waals surface area contributed by atoms with Crippen LogP contribution in [-0.4, -0.2) is 4.98 Å². The normalized spacial score (nSPS) is 10.2. The summed E-state index contributed by atoms with van der Waals surface area (Å²) >= 11 is 1.69. The lowest BCUT2D eigenvalue weighted by Crippen LogP contribution is -1.82. The van der Waals surface area contributed by atoms with Crippen molar-refractivity contribution in [1.29, 1.82) is 0 Å². The summed E-state index contributed by atoms with van der Waals surface area (Å²) in [6, 6.07) is 7.78. The molecule has 3 heteroatoms. The van der Waals surface area contributed by atoms with Crippen molar-refractivity contribution >= 4 is 17.0 Å². The van der Waals surface area contributed by atoms with Gasteiger partial charge in [0.05, 0.1) is 0 Å². The summed E-state index contributed by atoms with van der Waals surface area (Å²) in [7, 11) is 0. The highest BCUT2D eigenvalue weighted by atomic mass is 32.1. The van der Waals surface area contributed by atoms with Gasteiger partial charge in [-0.15, -0.1) is 11.3 Å². The van der Waals surface area contributed by atoms with Crippen LogP contribution in [-0.2, 0) is 0 Å². The van der Waals surface area contributed by atoms with Crippen molar-refractivity contribution in [3.8, 4) is 10.6 Å². The van der Waals surface area contributed by atoms with Gasteiger partial charge in [-0.2, -0.15) is 0 Å². The molecule has 0 atom stereocenters. The predicted molar refractivity (Wildman–Crippen MR) is 56.7 cm³/mol. The Bertz CT molecular complexity index is 403. The Labute approximate surface area is 81.1 Å². The number of nitrogens with zero attached hydrogens (tertiary/aromatic N) is 1. The van der Waals surface area contributed by atoms with E-state index in [4.69, 9.17) is 5.73 Å². The molecule has 0 aliphatic rings. The highest BCUT2D eigenvalue weighted by Crippen LogP contribution is 2.24. The standard InChI is InChI=1S/C10H10N2S/c1-7-6-12-10(13-7)8-2-4-9(11)5-3-8/h2-6H,11H2,1H3. The van der Waals surface area contributed by atoms with E-state index in [2.05, 4.69) is 11.9 Å². The Balaban J connectivity index is 2.41. The lowest BCUT2D eigenvalue weighted by molar-refractivity contribution is 1.38.